The molecule has 4 nitrogen and oxygen atoms in total. The molecule has 1 aliphatic heterocycles. The minimum Gasteiger partial charge on any atom is -0.298 e. The van der Waals surface area contributed by atoms with Gasteiger partial charge in [-0.15, -0.1) is 11.7 Å². The average molecular weight is 360 g/mol. The largest absolute Gasteiger partial charge is 0.298 e. The fourth-order valence-electron chi connectivity index (χ4n) is 2.68. The highest BCUT2D eigenvalue weighted by Gasteiger charge is 2.44. The van der Waals surface area contributed by atoms with Gasteiger partial charge in [-0.05, 0) is 32.1 Å². The van der Waals surface area contributed by atoms with Crippen molar-refractivity contribution in [2.45, 2.75) is 71.5 Å². The van der Waals surface area contributed by atoms with Crippen molar-refractivity contribution in [1.82, 2.24) is 4.90 Å². The van der Waals surface area contributed by atoms with Gasteiger partial charge in [0.25, 0.3) is 0 Å². The first-order valence-corrected chi connectivity index (χ1v) is 10.1. The van der Waals surface area contributed by atoms with E-state index in [1.807, 2.05) is 34.6 Å². The molecule has 1 unspecified atom stereocenters. The number of Topliss-reactive ketones (excluding diaryl/α,β-unsaturated/α-hetero) is 1. The molecule has 1 rings (SSSR count). The van der Waals surface area contributed by atoms with Crippen molar-refractivity contribution in [3.8, 4) is 0 Å². The lowest BCUT2D eigenvalue weighted by molar-refractivity contribution is -0.140. The normalized spacial score (nSPS) is 19.6. The number of nitrogens with zero attached hydrogens (tertiary/aromatic N) is 1. The molecule has 1 fully saturated rings. The molecule has 0 N–H and O–H groups in total. The van der Waals surface area contributed by atoms with Crippen LogP contribution in [0.1, 0.15) is 66.7 Å². The highest BCUT2D eigenvalue weighted by Crippen LogP contribution is 2.35. The minimum absolute atomic E-state index is 0.0359. The van der Waals surface area contributed by atoms with Crippen molar-refractivity contribution >= 4 is 40.1 Å². The average Bonchev–Trinajstić information content (AvgIpc) is 2.74. The molecule has 0 aromatic heterocycles. The molecule has 0 spiro atoms. The van der Waals surface area contributed by atoms with Crippen LogP contribution in [-0.4, -0.2) is 33.8 Å². The molecular weight excluding hydrogens is 330 g/mol. The molecule has 23 heavy (non-hydrogen) atoms. The molecule has 1 heterocycles. The first kappa shape index (κ1) is 20.6. The number of thiol groups is 1. The Morgan fingerprint density at radius 3 is 2.26 bits per heavy atom. The second-order valence-electron chi connectivity index (χ2n) is 7.84. The van der Waals surface area contributed by atoms with E-state index in [0.29, 0.717) is 19.4 Å². The Kier molecular flexibility index (Phi) is 7.20. The van der Waals surface area contributed by atoms with Gasteiger partial charge < -0.3 is 0 Å². The van der Waals surface area contributed by atoms with Crippen LogP contribution < -0.4 is 0 Å². The van der Waals surface area contributed by atoms with Gasteiger partial charge in [-0.25, -0.2) is 0 Å². The van der Waals surface area contributed by atoms with Crippen LogP contribution in [0.2, 0.25) is 0 Å². The lowest BCUT2D eigenvalue weighted by Gasteiger charge is -2.24. The van der Waals surface area contributed by atoms with Gasteiger partial charge in [0.2, 0.25) is 11.8 Å². The summed E-state index contributed by atoms with van der Waals surface area (Å²) in [6.07, 6.45) is 3.24. The fraction of sp³-hybridized carbons (Fsp3) is 0.824. The van der Waals surface area contributed by atoms with Crippen LogP contribution in [0.5, 0.6) is 0 Å². The summed E-state index contributed by atoms with van der Waals surface area (Å²) in [5, 5.41) is 0. The van der Waals surface area contributed by atoms with Crippen LogP contribution in [0.3, 0.4) is 0 Å². The predicted molar refractivity (Wildman–Crippen MR) is 98.4 cm³/mol. The number of likely N-dealkylation sites (tertiary alicyclic amines) is 1. The van der Waals surface area contributed by atoms with Gasteiger partial charge in [0.05, 0.1) is 10.7 Å². The van der Waals surface area contributed by atoms with Crippen LogP contribution in [0.15, 0.2) is 0 Å². The summed E-state index contributed by atoms with van der Waals surface area (Å²) in [7, 11) is 1.27. The van der Waals surface area contributed by atoms with Crippen LogP contribution in [0.25, 0.3) is 0 Å². The third-order valence-electron chi connectivity index (χ3n) is 4.47. The zero-order valence-electron chi connectivity index (χ0n) is 14.8. The minimum atomic E-state index is -0.454. The lowest BCUT2D eigenvalue weighted by atomic mass is 9.80. The van der Waals surface area contributed by atoms with E-state index in [1.54, 1.807) is 0 Å². The molecule has 0 bridgehead atoms. The number of rotatable bonds is 8. The second-order valence-corrected chi connectivity index (χ2v) is 9.59. The van der Waals surface area contributed by atoms with Crippen LogP contribution in [-0.2, 0) is 14.4 Å². The number of unbranched alkanes of at least 4 members (excludes halogenated alkanes) is 2. The molecule has 0 aromatic rings. The monoisotopic (exact) mass is 359 g/mol. The Bertz CT molecular complexity index is 469. The van der Waals surface area contributed by atoms with Crippen molar-refractivity contribution in [1.29, 1.82) is 0 Å². The maximum Gasteiger partial charge on any atom is 0.233 e. The molecule has 0 saturated carbocycles. The number of ketones is 1. The lowest BCUT2D eigenvalue weighted by Crippen LogP contribution is -2.34. The fourth-order valence-corrected chi connectivity index (χ4v) is 3.19. The molecule has 1 atom stereocenters. The zero-order chi connectivity index (χ0) is 17.8. The van der Waals surface area contributed by atoms with E-state index in [4.69, 9.17) is 0 Å². The van der Waals surface area contributed by atoms with Gasteiger partial charge in [-0.3, -0.25) is 19.3 Å². The summed E-state index contributed by atoms with van der Waals surface area (Å²) in [6.45, 7) is 10.2. The van der Waals surface area contributed by atoms with Crippen molar-refractivity contribution in [3.63, 3.8) is 0 Å². The van der Waals surface area contributed by atoms with Crippen molar-refractivity contribution in [3.05, 3.63) is 0 Å². The number of carbonyl (C=O) groups is 3. The second kappa shape index (κ2) is 8.06. The zero-order valence-corrected chi connectivity index (χ0v) is 16.6. The summed E-state index contributed by atoms with van der Waals surface area (Å²) in [5.41, 5.74) is -0.177. The molecule has 0 aromatic carbocycles. The Morgan fingerprint density at radius 2 is 1.78 bits per heavy atom. The van der Waals surface area contributed by atoms with Gasteiger partial charge in [0.15, 0.2) is 0 Å². The van der Waals surface area contributed by atoms with E-state index in [9.17, 15) is 14.4 Å². The molecule has 2 amide bonds. The van der Waals surface area contributed by atoms with Crippen LogP contribution >= 0.6 is 22.5 Å². The van der Waals surface area contributed by atoms with E-state index in [0.717, 1.165) is 19.3 Å². The highest BCUT2D eigenvalue weighted by molar-refractivity contribution is 8.69. The van der Waals surface area contributed by atoms with E-state index in [1.165, 1.54) is 15.7 Å². The Hall–Kier alpha value is -0.490. The summed E-state index contributed by atoms with van der Waals surface area (Å²) < 4.78 is -0.454. The van der Waals surface area contributed by atoms with Gasteiger partial charge in [-0.2, -0.15) is 0 Å². The number of carbonyl (C=O) groups excluding carboxylic acids is 3. The number of amides is 2. The first-order valence-electron chi connectivity index (χ1n) is 8.21. The third-order valence-corrected chi connectivity index (χ3v) is 6.53. The summed E-state index contributed by atoms with van der Waals surface area (Å²) in [6, 6.07) is 0. The van der Waals surface area contributed by atoms with Crippen molar-refractivity contribution in [2.75, 3.05) is 6.54 Å². The SMILES string of the molecule is CC(C)(SS)C(=O)CCCCCN1C(=O)CC(C(C)(C)C)C1=O. The van der Waals surface area contributed by atoms with Gasteiger partial charge in [-0.1, -0.05) is 38.0 Å². The van der Waals surface area contributed by atoms with Crippen molar-refractivity contribution < 1.29 is 14.4 Å². The van der Waals surface area contributed by atoms with Crippen molar-refractivity contribution in [2.24, 2.45) is 11.3 Å². The molecule has 1 saturated heterocycles. The van der Waals surface area contributed by atoms with Crippen LogP contribution in [0.4, 0.5) is 0 Å². The molecule has 0 aliphatic carbocycles. The highest BCUT2D eigenvalue weighted by atomic mass is 33.1. The number of hydrogen-bond acceptors (Lipinski definition) is 5. The predicted octanol–water partition coefficient (Wildman–Crippen LogP) is 3.89. The van der Waals surface area contributed by atoms with E-state index < -0.39 is 4.75 Å². The molecular formula is C17H29NO3S2. The first-order chi connectivity index (χ1) is 10.5. The summed E-state index contributed by atoms with van der Waals surface area (Å²) in [4.78, 5) is 37.8. The quantitative estimate of drug-likeness (QED) is 0.309. The Balaban J connectivity index is 2.36. The van der Waals surface area contributed by atoms with E-state index in [-0.39, 0.29) is 28.9 Å². The van der Waals surface area contributed by atoms with Gasteiger partial charge >= 0.3 is 0 Å². The van der Waals surface area contributed by atoms with Crippen LogP contribution in [0, 0.1) is 11.3 Å². The van der Waals surface area contributed by atoms with E-state index >= 15 is 0 Å². The van der Waals surface area contributed by atoms with Gasteiger partial charge in [0, 0.05) is 19.4 Å². The molecule has 0 radical (unpaired) electrons. The number of hydrogen-bond donors (Lipinski definition) is 1. The molecule has 6 heteroatoms. The topological polar surface area (TPSA) is 54.5 Å². The molecule has 132 valence electrons. The Morgan fingerprint density at radius 1 is 1.17 bits per heavy atom. The van der Waals surface area contributed by atoms with E-state index in [2.05, 4.69) is 11.7 Å². The smallest absolute Gasteiger partial charge is 0.233 e. The maximum atomic E-state index is 12.3. The molecule has 1 aliphatic rings. The standard InChI is InChI=1S/C17H29NO3S2/c1-16(2,3)12-11-14(20)18(15(12)21)10-8-6-7-9-13(19)17(4,5)23-22/h12,22H,6-11H2,1-5H3. The summed E-state index contributed by atoms with van der Waals surface area (Å²) >= 11 is 4.13. The summed E-state index contributed by atoms with van der Waals surface area (Å²) in [5.74, 6) is -0.104. The third kappa shape index (κ3) is 5.52. The number of imide groups is 1. The van der Waals surface area contributed by atoms with Gasteiger partial charge in [0.1, 0.15) is 5.78 Å². The maximum absolute atomic E-state index is 12.3. The Labute approximate surface area is 148 Å².